The number of carbonyl (C=O) groups is 1. The number of rotatable bonds is 3. The quantitative estimate of drug-likeness (QED) is 0.718. The fourth-order valence-electron chi connectivity index (χ4n) is 1.07. The second-order valence-corrected chi connectivity index (χ2v) is 2.92. The first kappa shape index (κ1) is 10.2. The molecule has 0 bridgehead atoms. The van der Waals surface area contributed by atoms with E-state index in [0.717, 1.165) is 0 Å². The third-order valence-corrected chi connectivity index (χ3v) is 1.94. The highest BCUT2D eigenvalue weighted by Crippen LogP contribution is 2.14. The minimum absolute atomic E-state index is 0.121. The fraction of sp³-hybridized carbons (Fsp3) is 0.222. The third-order valence-electron chi connectivity index (χ3n) is 1.73. The molecule has 0 saturated heterocycles. The van der Waals surface area contributed by atoms with Crippen LogP contribution in [0.25, 0.3) is 0 Å². The lowest BCUT2D eigenvalue weighted by molar-refractivity contribution is 0.107. The van der Waals surface area contributed by atoms with E-state index in [1.165, 1.54) is 6.07 Å². The highest BCUT2D eigenvalue weighted by Gasteiger charge is 2.08. The first-order chi connectivity index (χ1) is 6.19. The van der Waals surface area contributed by atoms with Crippen molar-refractivity contribution in [2.24, 2.45) is 0 Å². The molecule has 2 N–H and O–H groups in total. The van der Waals surface area contributed by atoms with Crippen molar-refractivity contribution in [2.45, 2.75) is 13.2 Å². The lowest BCUT2D eigenvalue weighted by atomic mass is 10.1. The zero-order chi connectivity index (χ0) is 9.84. The zero-order valence-corrected chi connectivity index (χ0v) is 7.58. The summed E-state index contributed by atoms with van der Waals surface area (Å²) in [5.74, 6) is 0. The number of aliphatic hydroxyl groups excluding tert-OH is 2. The molecular weight excluding hydrogens is 192 g/mol. The van der Waals surface area contributed by atoms with Gasteiger partial charge in [0.1, 0.15) is 0 Å². The van der Waals surface area contributed by atoms with Crippen LogP contribution in [0.1, 0.15) is 21.5 Å². The molecule has 0 radical (unpaired) electrons. The molecule has 70 valence electrons. The van der Waals surface area contributed by atoms with Crippen molar-refractivity contribution in [3.05, 3.63) is 34.9 Å². The molecule has 0 heterocycles. The molecule has 1 aromatic carbocycles. The summed E-state index contributed by atoms with van der Waals surface area (Å²) in [6.07, 6.45) is 0. The normalized spacial score (nSPS) is 10.1. The Morgan fingerprint density at radius 3 is 2.46 bits per heavy atom. The topological polar surface area (TPSA) is 57.5 Å². The Morgan fingerprint density at radius 1 is 1.31 bits per heavy atom. The minimum atomic E-state index is -0.603. The lowest BCUT2D eigenvalue weighted by Crippen LogP contribution is -1.99. The van der Waals surface area contributed by atoms with E-state index in [1.54, 1.807) is 12.1 Å². The van der Waals surface area contributed by atoms with Gasteiger partial charge in [0.2, 0.25) is 0 Å². The van der Waals surface area contributed by atoms with Crippen LogP contribution in [0.4, 0.5) is 0 Å². The van der Waals surface area contributed by atoms with E-state index in [-0.39, 0.29) is 18.8 Å². The number of carbonyl (C=O) groups excluding carboxylic acids is 1. The predicted octanol–water partition coefficient (Wildman–Crippen LogP) is 1.05. The monoisotopic (exact) mass is 200 g/mol. The van der Waals surface area contributed by atoms with E-state index in [1.807, 2.05) is 0 Å². The molecular formula is C9H9ClO3. The van der Waals surface area contributed by atoms with Crippen molar-refractivity contribution in [3.8, 4) is 0 Å². The van der Waals surface area contributed by atoms with Crippen molar-refractivity contribution < 1.29 is 15.0 Å². The number of halogens is 1. The summed E-state index contributed by atoms with van der Waals surface area (Å²) >= 11 is 5.27. The molecule has 0 unspecified atom stereocenters. The van der Waals surface area contributed by atoms with Crippen LogP contribution in [-0.4, -0.2) is 15.5 Å². The zero-order valence-electron chi connectivity index (χ0n) is 6.83. The van der Waals surface area contributed by atoms with Crippen molar-refractivity contribution in [1.82, 2.24) is 0 Å². The van der Waals surface area contributed by atoms with Crippen LogP contribution in [0.15, 0.2) is 18.2 Å². The van der Waals surface area contributed by atoms with Crippen molar-refractivity contribution >= 4 is 16.8 Å². The van der Waals surface area contributed by atoms with Gasteiger partial charge in [0.05, 0.1) is 13.2 Å². The smallest absolute Gasteiger partial charge is 0.252 e. The van der Waals surface area contributed by atoms with Gasteiger partial charge in [0.25, 0.3) is 5.24 Å². The fourth-order valence-corrected chi connectivity index (χ4v) is 1.25. The van der Waals surface area contributed by atoms with Gasteiger partial charge in [-0.25, -0.2) is 0 Å². The number of benzene rings is 1. The molecule has 0 aromatic heterocycles. The molecule has 0 spiro atoms. The van der Waals surface area contributed by atoms with Gasteiger partial charge >= 0.3 is 0 Å². The molecule has 0 saturated carbocycles. The van der Waals surface area contributed by atoms with Crippen LogP contribution in [0, 0.1) is 0 Å². The number of hydrogen-bond acceptors (Lipinski definition) is 3. The summed E-state index contributed by atoms with van der Waals surface area (Å²) in [4.78, 5) is 10.8. The molecule has 1 aromatic rings. The average Bonchev–Trinajstić information content (AvgIpc) is 2.16. The molecule has 0 aliphatic heterocycles. The summed E-state index contributed by atoms with van der Waals surface area (Å²) in [7, 11) is 0. The summed E-state index contributed by atoms with van der Waals surface area (Å²) < 4.78 is 0. The Balaban J connectivity index is 3.15. The Morgan fingerprint density at radius 2 is 2.00 bits per heavy atom. The van der Waals surface area contributed by atoms with E-state index in [0.29, 0.717) is 11.1 Å². The summed E-state index contributed by atoms with van der Waals surface area (Å²) in [6, 6.07) is 4.64. The highest BCUT2D eigenvalue weighted by atomic mass is 35.5. The van der Waals surface area contributed by atoms with Gasteiger partial charge in [-0.2, -0.15) is 0 Å². The van der Waals surface area contributed by atoms with Crippen LogP contribution in [-0.2, 0) is 13.2 Å². The highest BCUT2D eigenvalue weighted by molar-refractivity contribution is 6.67. The first-order valence-corrected chi connectivity index (χ1v) is 4.10. The summed E-state index contributed by atoms with van der Waals surface area (Å²) in [6.45, 7) is -0.384. The van der Waals surface area contributed by atoms with E-state index in [4.69, 9.17) is 21.8 Å². The molecule has 3 nitrogen and oxygen atoms in total. The third kappa shape index (κ3) is 2.28. The van der Waals surface area contributed by atoms with Crippen LogP contribution in [0.2, 0.25) is 0 Å². The molecule has 0 aliphatic rings. The summed E-state index contributed by atoms with van der Waals surface area (Å²) in [5.41, 5.74) is 1.36. The van der Waals surface area contributed by atoms with Gasteiger partial charge in [0, 0.05) is 5.56 Å². The lowest BCUT2D eigenvalue weighted by Gasteiger charge is -2.04. The average molecular weight is 201 g/mol. The van der Waals surface area contributed by atoms with E-state index in [9.17, 15) is 4.79 Å². The Kier molecular flexibility index (Phi) is 3.42. The molecule has 1 rings (SSSR count). The van der Waals surface area contributed by atoms with Crippen LogP contribution >= 0.6 is 11.6 Å². The maximum Gasteiger partial charge on any atom is 0.252 e. The maximum atomic E-state index is 10.8. The molecule has 0 fully saturated rings. The van der Waals surface area contributed by atoms with Gasteiger partial charge in [0.15, 0.2) is 0 Å². The molecule has 0 amide bonds. The van der Waals surface area contributed by atoms with Crippen molar-refractivity contribution in [3.63, 3.8) is 0 Å². The Labute approximate surface area is 80.6 Å². The van der Waals surface area contributed by atoms with Crippen molar-refractivity contribution in [1.29, 1.82) is 0 Å². The van der Waals surface area contributed by atoms with Crippen LogP contribution in [0.3, 0.4) is 0 Å². The Hall–Kier alpha value is -0.900. The predicted molar refractivity (Wildman–Crippen MR) is 48.5 cm³/mol. The first-order valence-electron chi connectivity index (χ1n) is 3.72. The molecule has 4 heteroatoms. The van der Waals surface area contributed by atoms with E-state index >= 15 is 0 Å². The number of hydrogen-bond donors (Lipinski definition) is 2. The van der Waals surface area contributed by atoms with Gasteiger partial charge in [-0.1, -0.05) is 12.1 Å². The van der Waals surface area contributed by atoms with Gasteiger partial charge in [-0.15, -0.1) is 0 Å². The maximum absolute atomic E-state index is 10.8. The van der Waals surface area contributed by atoms with Gasteiger partial charge in [-0.3, -0.25) is 4.79 Å². The minimum Gasteiger partial charge on any atom is -0.392 e. The van der Waals surface area contributed by atoms with Crippen LogP contribution < -0.4 is 0 Å². The van der Waals surface area contributed by atoms with E-state index in [2.05, 4.69) is 0 Å². The Bertz CT molecular complexity index is 323. The van der Waals surface area contributed by atoms with E-state index < -0.39 is 5.24 Å². The standard InChI is InChI=1S/C9H9ClO3/c10-9(13)8-2-1-6(4-11)3-7(8)5-12/h1-3,11-12H,4-5H2. The second-order valence-electron chi connectivity index (χ2n) is 2.58. The summed E-state index contributed by atoms with van der Waals surface area (Å²) in [5, 5.41) is 17.1. The number of aliphatic hydroxyl groups is 2. The van der Waals surface area contributed by atoms with Gasteiger partial charge < -0.3 is 10.2 Å². The largest absolute Gasteiger partial charge is 0.392 e. The SMILES string of the molecule is O=C(Cl)c1ccc(CO)cc1CO. The molecule has 13 heavy (non-hydrogen) atoms. The molecule has 0 aliphatic carbocycles. The van der Waals surface area contributed by atoms with Crippen molar-refractivity contribution in [2.75, 3.05) is 0 Å². The van der Waals surface area contributed by atoms with Crippen LogP contribution in [0.5, 0.6) is 0 Å². The molecule has 0 atom stereocenters. The van der Waals surface area contributed by atoms with Gasteiger partial charge in [-0.05, 0) is 28.8 Å². The second kappa shape index (κ2) is 4.37.